The largest absolute Gasteiger partial charge is 0.382 e. The first kappa shape index (κ1) is 22.7. The highest BCUT2D eigenvalue weighted by molar-refractivity contribution is 7.19. The van der Waals surface area contributed by atoms with E-state index in [4.69, 9.17) is 10.5 Å². The van der Waals surface area contributed by atoms with Crippen LogP contribution in [0.1, 0.15) is 42.2 Å². The fourth-order valence-electron chi connectivity index (χ4n) is 3.63. The molecular formula is C22H24FN7O2S. The molecule has 1 aromatic carbocycles. The predicted molar refractivity (Wildman–Crippen MR) is 125 cm³/mol. The number of hydrogen-bond acceptors (Lipinski definition) is 9. The molecule has 4 N–H and O–H groups in total. The van der Waals surface area contributed by atoms with Gasteiger partial charge in [0.2, 0.25) is 10.3 Å². The zero-order chi connectivity index (χ0) is 23.4. The number of ether oxygens (including phenoxy) is 1. The molecule has 0 spiro atoms. The highest BCUT2D eigenvalue weighted by atomic mass is 32.1. The number of halogens is 1. The van der Waals surface area contributed by atoms with Crippen molar-refractivity contribution >= 4 is 38.9 Å². The van der Waals surface area contributed by atoms with Gasteiger partial charge in [0.15, 0.2) is 6.10 Å². The zero-order valence-electron chi connectivity index (χ0n) is 18.2. The third kappa shape index (κ3) is 5.49. The Hall–Kier alpha value is -3.44. The molecule has 2 atom stereocenters. The maximum Gasteiger partial charge on any atom is 0.260 e. The van der Waals surface area contributed by atoms with Gasteiger partial charge in [-0.3, -0.25) is 10.1 Å². The number of amides is 1. The first-order valence-electron chi connectivity index (χ1n) is 10.4. The number of allylic oxidation sites excluding steroid dienone is 1. The van der Waals surface area contributed by atoms with E-state index < -0.39 is 17.8 Å². The molecule has 2 aromatic heterocycles. The molecule has 1 aliphatic carbocycles. The standard InChI is InChI=1S/C22H24FN7O2S/c1-12-3-8-16(23)15(11-12)19(32-2)20(31)26-22-30-29-21(33-22)25-14-6-4-13(5-7-14)17-9-10-18(24)28-27-17/h3-4,8-11,14,19H,5-7H2,1-2H3,(H2,24,28)(H,25,29)(H,26,30,31)/t14-,19-/m0/s1. The summed E-state index contributed by atoms with van der Waals surface area (Å²) in [6.07, 6.45) is 3.56. The van der Waals surface area contributed by atoms with Crippen LogP contribution in [0.3, 0.4) is 0 Å². The number of aromatic nitrogens is 4. The van der Waals surface area contributed by atoms with E-state index in [-0.39, 0.29) is 11.6 Å². The number of nitrogens with zero attached hydrogens (tertiary/aromatic N) is 4. The quantitative estimate of drug-likeness (QED) is 0.478. The lowest BCUT2D eigenvalue weighted by molar-refractivity contribution is -0.126. The van der Waals surface area contributed by atoms with Crippen LogP contribution >= 0.6 is 11.3 Å². The summed E-state index contributed by atoms with van der Waals surface area (Å²) in [7, 11) is 1.36. The van der Waals surface area contributed by atoms with Gasteiger partial charge < -0.3 is 15.8 Å². The lowest BCUT2D eigenvalue weighted by Crippen LogP contribution is -2.23. The van der Waals surface area contributed by atoms with Gasteiger partial charge in [0.1, 0.15) is 11.6 Å². The van der Waals surface area contributed by atoms with Crippen LogP contribution in [0.15, 0.2) is 36.4 Å². The summed E-state index contributed by atoms with van der Waals surface area (Å²) < 4.78 is 19.5. The summed E-state index contributed by atoms with van der Waals surface area (Å²) in [5, 5.41) is 23.1. The Labute approximate surface area is 194 Å². The van der Waals surface area contributed by atoms with Gasteiger partial charge in [-0.25, -0.2) is 4.39 Å². The number of anilines is 3. The number of aryl methyl sites for hydroxylation is 1. The molecule has 0 bridgehead atoms. The maximum atomic E-state index is 14.2. The molecule has 11 heteroatoms. The third-order valence-electron chi connectivity index (χ3n) is 5.32. The minimum atomic E-state index is -1.09. The van der Waals surface area contributed by atoms with E-state index in [1.807, 2.05) is 13.0 Å². The highest BCUT2D eigenvalue weighted by Gasteiger charge is 2.25. The molecule has 1 aliphatic rings. The van der Waals surface area contributed by atoms with Gasteiger partial charge in [0.25, 0.3) is 5.91 Å². The van der Waals surface area contributed by atoms with E-state index in [2.05, 4.69) is 37.1 Å². The molecule has 1 amide bonds. The lowest BCUT2D eigenvalue weighted by atomic mass is 9.93. The summed E-state index contributed by atoms with van der Waals surface area (Å²) in [4.78, 5) is 12.7. The molecule has 4 rings (SSSR count). The molecule has 0 unspecified atom stereocenters. The molecule has 0 saturated heterocycles. The van der Waals surface area contributed by atoms with Crippen molar-refractivity contribution < 1.29 is 13.9 Å². The van der Waals surface area contributed by atoms with Gasteiger partial charge in [-0.05, 0) is 50.0 Å². The summed E-state index contributed by atoms with van der Waals surface area (Å²) in [6, 6.07) is 8.35. The summed E-state index contributed by atoms with van der Waals surface area (Å²) in [6.45, 7) is 1.82. The fraction of sp³-hybridized carbons (Fsp3) is 0.318. The average molecular weight is 470 g/mol. The van der Waals surface area contributed by atoms with Gasteiger partial charge in [0.05, 0.1) is 5.69 Å². The second-order valence-corrected chi connectivity index (χ2v) is 8.71. The van der Waals surface area contributed by atoms with Gasteiger partial charge in [0, 0.05) is 18.7 Å². The van der Waals surface area contributed by atoms with Crippen molar-refractivity contribution in [3.8, 4) is 0 Å². The Morgan fingerprint density at radius 3 is 2.73 bits per heavy atom. The number of nitrogens with one attached hydrogen (secondary N) is 2. The van der Waals surface area contributed by atoms with Crippen LogP contribution in [-0.2, 0) is 9.53 Å². The van der Waals surface area contributed by atoms with Gasteiger partial charge in [-0.2, -0.15) is 0 Å². The van der Waals surface area contributed by atoms with Crippen LogP contribution in [0.25, 0.3) is 5.57 Å². The van der Waals surface area contributed by atoms with Crippen molar-refractivity contribution in [1.82, 2.24) is 20.4 Å². The van der Waals surface area contributed by atoms with Crippen molar-refractivity contribution in [2.45, 2.75) is 38.3 Å². The molecule has 9 nitrogen and oxygen atoms in total. The lowest BCUT2D eigenvalue weighted by Gasteiger charge is -2.22. The number of nitrogens with two attached hydrogens (primary N) is 1. The van der Waals surface area contributed by atoms with Crippen LogP contribution in [0.4, 0.5) is 20.5 Å². The van der Waals surface area contributed by atoms with E-state index in [1.165, 1.54) is 24.5 Å². The minimum Gasteiger partial charge on any atom is -0.382 e. The number of hydrogen-bond donors (Lipinski definition) is 3. The first-order valence-corrected chi connectivity index (χ1v) is 11.2. The van der Waals surface area contributed by atoms with Crippen LogP contribution in [0.5, 0.6) is 0 Å². The Bertz CT molecular complexity index is 1170. The van der Waals surface area contributed by atoms with Gasteiger partial charge in [-0.15, -0.1) is 20.4 Å². The van der Waals surface area contributed by atoms with Crippen LogP contribution < -0.4 is 16.4 Å². The number of methoxy groups -OCH3 is 1. The van der Waals surface area contributed by atoms with Gasteiger partial charge in [-0.1, -0.05) is 35.1 Å². The van der Waals surface area contributed by atoms with Crippen molar-refractivity contribution in [3.63, 3.8) is 0 Å². The number of carbonyl (C=O) groups is 1. The maximum absolute atomic E-state index is 14.2. The molecule has 172 valence electrons. The third-order valence-corrected chi connectivity index (χ3v) is 6.09. The SMILES string of the molecule is CO[C@H](C(=O)Nc1nnc(N[C@H]2CC=C(c3ccc(N)nn3)CC2)s1)c1cc(C)ccc1F. The van der Waals surface area contributed by atoms with Gasteiger partial charge >= 0.3 is 0 Å². The Morgan fingerprint density at radius 2 is 2.03 bits per heavy atom. The number of rotatable bonds is 7. The minimum absolute atomic E-state index is 0.174. The summed E-state index contributed by atoms with van der Waals surface area (Å²) in [5.41, 5.74) is 8.58. The molecule has 33 heavy (non-hydrogen) atoms. The molecule has 0 saturated carbocycles. The van der Waals surface area contributed by atoms with Crippen LogP contribution in [-0.4, -0.2) is 39.5 Å². The summed E-state index contributed by atoms with van der Waals surface area (Å²) >= 11 is 1.21. The topological polar surface area (TPSA) is 128 Å². The number of nitrogen functional groups attached to an aromatic ring is 1. The average Bonchev–Trinajstić information content (AvgIpc) is 3.24. The highest BCUT2D eigenvalue weighted by Crippen LogP contribution is 2.30. The predicted octanol–water partition coefficient (Wildman–Crippen LogP) is 3.73. The number of benzene rings is 1. The first-order chi connectivity index (χ1) is 15.9. The Kier molecular flexibility index (Phi) is 6.90. The summed E-state index contributed by atoms with van der Waals surface area (Å²) in [5.74, 6) is -0.619. The van der Waals surface area contributed by atoms with Crippen molar-refractivity contribution in [1.29, 1.82) is 0 Å². The fourth-order valence-corrected chi connectivity index (χ4v) is 4.35. The second-order valence-electron chi connectivity index (χ2n) is 7.73. The molecule has 0 fully saturated rings. The smallest absolute Gasteiger partial charge is 0.260 e. The molecule has 2 heterocycles. The van der Waals surface area contributed by atoms with Crippen molar-refractivity contribution in [2.24, 2.45) is 0 Å². The second kappa shape index (κ2) is 10.0. The van der Waals surface area contributed by atoms with Crippen LogP contribution in [0, 0.1) is 12.7 Å². The van der Waals surface area contributed by atoms with E-state index >= 15 is 0 Å². The molecule has 3 aromatic rings. The van der Waals surface area contributed by atoms with Crippen LogP contribution in [0.2, 0.25) is 0 Å². The molecule has 0 radical (unpaired) electrons. The van der Waals surface area contributed by atoms with E-state index in [1.54, 1.807) is 18.2 Å². The van der Waals surface area contributed by atoms with Crippen molar-refractivity contribution in [2.75, 3.05) is 23.5 Å². The number of carbonyl (C=O) groups excluding carboxylic acids is 1. The van der Waals surface area contributed by atoms with E-state index in [9.17, 15) is 9.18 Å². The monoisotopic (exact) mass is 469 g/mol. The Morgan fingerprint density at radius 1 is 1.21 bits per heavy atom. The zero-order valence-corrected chi connectivity index (χ0v) is 19.0. The molecular weight excluding hydrogens is 445 g/mol. The van der Waals surface area contributed by atoms with Crippen molar-refractivity contribution in [3.05, 3.63) is 59.0 Å². The van der Waals surface area contributed by atoms with E-state index in [0.717, 1.165) is 36.1 Å². The molecule has 0 aliphatic heterocycles. The Balaban J connectivity index is 1.36. The normalized spacial score (nSPS) is 16.7. The van der Waals surface area contributed by atoms with E-state index in [0.29, 0.717) is 16.1 Å².